The monoisotopic (exact) mass is 257 g/mol. The first-order valence-corrected chi connectivity index (χ1v) is 5.85. The number of aromatic nitrogens is 1. The lowest BCUT2D eigenvalue weighted by molar-refractivity contribution is 0.0953. The molecule has 0 aliphatic heterocycles. The number of hydrogen-bond acceptors (Lipinski definition) is 4. The lowest BCUT2D eigenvalue weighted by Crippen LogP contribution is -2.29. The number of nitrogens with one attached hydrogen (secondary N) is 1. The van der Waals surface area contributed by atoms with E-state index in [0.717, 1.165) is 17.0 Å². The van der Waals surface area contributed by atoms with Gasteiger partial charge in [-0.3, -0.25) is 15.2 Å². The molecule has 1 aromatic carbocycles. The average molecular weight is 257 g/mol. The number of pyridine rings is 1. The van der Waals surface area contributed by atoms with Gasteiger partial charge in [-0.25, -0.2) is 5.84 Å². The van der Waals surface area contributed by atoms with Gasteiger partial charge < -0.3 is 4.74 Å². The third kappa shape index (κ3) is 3.29. The molecule has 0 spiro atoms. The van der Waals surface area contributed by atoms with Gasteiger partial charge in [-0.1, -0.05) is 12.1 Å². The van der Waals surface area contributed by atoms with Crippen LogP contribution in [-0.2, 0) is 6.61 Å². The first kappa shape index (κ1) is 13.0. The molecule has 2 aromatic rings. The molecule has 5 heteroatoms. The summed E-state index contributed by atoms with van der Waals surface area (Å²) in [4.78, 5) is 15.4. The quantitative estimate of drug-likeness (QED) is 0.495. The maximum Gasteiger partial charge on any atom is 0.265 e. The van der Waals surface area contributed by atoms with Crippen LogP contribution in [0.15, 0.2) is 42.6 Å². The number of hydrazine groups is 1. The molecule has 0 aliphatic carbocycles. The van der Waals surface area contributed by atoms with Crippen molar-refractivity contribution in [2.75, 3.05) is 0 Å². The number of nitrogens with zero attached hydrogens (tertiary/aromatic N) is 1. The first-order chi connectivity index (χ1) is 9.20. The molecule has 0 saturated carbocycles. The van der Waals surface area contributed by atoms with Crippen LogP contribution in [-0.4, -0.2) is 10.9 Å². The minimum absolute atomic E-state index is 0.310. The zero-order valence-electron chi connectivity index (χ0n) is 10.6. The van der Waals surface area contributed by atoms with E-state index in [1.54, 1.807) is 18.3 Å². The summed E-state index contributed by atoms with van der Waals surface area (Å²) < 4.78 is 5.66. The van der Waals surface area contributed by atoms with Crippen LogP contribution >= 0.6 is 0 Å². The summed E-state index contributed by atoms with van der Waals surface area (Å²) in [7, 11) is 0. The third-order valence-corrected chi connectivity index (χ3v) is 2.70. The number of rotatable bonds is 4. The van der Waals surface area contributed by atoms with Crippen molar-refractivity contribution in [3.05, 3.63) is 59.4 Å². The topological polar surface area (TPSA) is 77.2 Å². The van der Waals surface area contributed by atoms with Crippen LogP contribution in [0.5, 0.6) is 5.75 Å². The number of benzene rings is 1. The van der Waals surface area contributed by atoms with E-state index < -0.39 is 0 Å². The molecule has 2 rings (SSSR count). The Bertz CT molecular complexity index is 567. The van der Waals surface area contributed by atoms with Gasteiger partial charge in [0.2, 0.25) is 0 Å². The summed E-state index contributed by atoms with van der Waals surface area (Å²) in [5.74, 6) is 5.51. The van der Waals surface area contributed by atoms with Crippen LogP contribution in [0.25, 0.3) is 0 Å². The summed E-state index contributed by atoms with van der Waals surface area (Å²) in [6.45, 7) is 2.32. The average Bonchev–Trinajstić information content (AvgIpc) is 2.46. The standard InChI is InChI=1S/C14H15N3O2/c1-10-13(3-2-8-16-10)19-9-11-4-6-12(7-5-11)14(18)17-15/h2-8H,9,15H2,1H3,(H,17,18). The Morgan fingerprint density at radius 1 is 1.32 bits per heavy atom. The SMILES string of the molecule is Cc1ncccc1OCc1ccc(C(=O)NN)cc1. The molecule has 19 heavy (non-hydrogen) atoms. The molecule has 1 amide bonds. The number of hydrogen-bond donors (Lipinski definition) is 2. The van der Waals surface area contributed by atoms with Crippen molar-refractivity contribution in [3.8, 4) is 5.75 Å². The van der Waals surface area contributed by atoms with Gasteiger partial charge in [0.25, 0.3) is 5.91 Å². The molecule has 98 valence electrons. The summed E-state index contributed by atoms with van der Waals surface area (Å²) in [6.07, 6.45) is 1.72. The van der Waals surface area contributed by atoms with E-state index >= 15 is 0 Å². The molecular formula is C14H15N3O2. The van der Waals surface area contributed by atoms with E-state index in [9.17, 15) is 4.79 Å². The second-order valence-corrected chi connectivity index (χ2v) is 4.05. The van der Waals surface area contributed by atoms with Gasteiger partial charge in [-0.15, -0.1) is 0 Å². The van der Waals surface area contributed by atoms with Gasteiger partial charge in [0, 0.05) is 11.8 Å². The third-order valence-electron chi connectivity index (χ3n) is 2.70. The second-order valence-electron chi connectivity index (χ2n) is 4.05. The number of ether oxygens (including phenoxy) is 1. The van der Waals surface area contributed by atoms with Gasteiger partial charge >= 0.3 is 0 Å². The molecule has 0 fully saturated rings. The van der Waals surface area contributed by atoms with E-state index in [1.807, 2.05) is 31.2 Å². The highest BCUT2D eigenvalue weighted by atomic mass is 16.5. The molecule has 0 unspecified atom stereocenters. The Kier molecular flexibility index (Phi) is 4.10. The zero-order valence-corrected chi connectivity index (χ0v) is 10.6. The largest absolute Gasteiger partial charge is 0.487 e. The fourth-order valence-corrected chi connectivity index (χ4v) is 1.62. The fourth-order valence-electron chi connectivity index (χ4n) is 1.62. The first-order valence-electron chi connectivity index (χ1n) is 5.85. The molecule has 0 bridgehead atoms. The minimum Gasteiger partial charge on any atom is -0.487 e. The summed E-state index contributed by atoms with van der Waals surface area (Å²) >= 11 is 0. The van der Waals surface area contributed by atoms with Crippen LogP contribution < -0.4 is 16.0 Å². The van der Waals surface area contributed by atoms with E-state index in [2.05, 4.69) is 10.4 Å². The van der Waals surface area contributed by atoms with Crippen molar-refractivity contribution in [2.24, 2.45) is 5.84 Å². The maximum absolute atomic E-state index is 11.3. The number of carbonyl (C=O) groups excluding carboxylic acids is 1. The molecular weight excluding hydrogens is 242 g/mol. The molecule has 3 N–H and O–H groups in total. The van der Waals surface area contributed by atoms with Crippen molar-refractivity contribution in [1.82, 2.24) is 10.4 Å². The van der Waals surface area contributed by atoms with E-state index in [-0.39, 0.29) is 5.91 Å². The van der Waals surface area contributed by atoms with Crippen molar-refractivity contribution in [2.45, 2.75) is 13.5 Å². The highest BCUT2D eigenvalue weighted by Gasteiger charge is 2.04. The van der Waals surface area contributed by atoms with Crippen molar-refractivity contribution < 1.29 is 9.53 Å². The zero-order chi connectivity index (χ0) is 13.7. The normalized spacial score (nSPS) is 10.0. The predicted molar refractivity (Wildman–Crippen MR) is 71.4 cm³/mol. The molecule has 1 heterocycles. The number of nitrogens with two attached hydrogens (primary N) is 1. The highest BCUT2D eigenvalue weighted by Crippen LogP contribution is 2.15. The van der Waals surface area contributed by atoms with Crippen molar-refractivity contribution >= 4 is 5.91 Å². The lowest BCUT2D eigenvalue weighted by Gasteiger charge is -2.08. The number of nitrogen functional groups attached to an aromatic ring is 1. The molecule has 0 saturated heterocycles. The van der Waals surface area contributed by atoms with Crippen LogP contribution in [0.2, 0.25) is 0 Å². The Balaban J connectivity index is 2.01. The van der Waals surface area contributed by atoms with Gasteiger partial charge in [-0.05, 0) is 36.8 Å². The number of amides is 1. The summed E-state index contributed by atoms with van der Waals surface area (Å²) in [5.41, 5.74) is 4.42. The maximum atomic E-state index is 11.3. The Labute approximate surface area is 111 Å². The van der Waals surface area contributed by atoms with Crippen molar-refractivity contribution in [3.63, 3.8) is 0 Å². The van der Waals surface area contributed by atoms with Crippen LogP contribution in [0.3, 0.4) is 0 Å². The summed E-state index contributed by atoms with van der Waals surface area (Å²) in [5, 5.41) is 0. The highest BCUT2D eigenvalue weighted by molar-refractivity contribution is 5.93. The Morgan fingerprint density at radius 2 is 2.05 bits per heavy atom. The van der Waals surface area contributed by atoms with Gasteiger partial charge in [0.15, 0.2) is 0 Å². The van der Waals surface area contributed by atoms with Gasteiger partial charge in [0.1, 0.15) is 12.4 Å². The molecule has 5 nitrogen and oxygen atoms in total. The smallest absolute Gasteiger partial charge is 0.265 e. The molecule has 0 atom stereocenters. The van der Waals surface area contributed by atoms with E-state index in [1.165, 1.54) is 0 Å². The van der Waals surface area contributed by atoms with Crippen LogP contribution in [0.4, 0.5) is 0 Å². The minimum atomic E-state index is -0.310. The van der Waals surface area contributed by atoms with Crippen molar-refractivity contribution in [1.29, 1.82) is 0 Å². The van der Waals surface area contributed by atoms with E-state index in [0.29, 0.717) is 12.2 Å². The lowest BCUT2D eigenvalue weighted by atomic mass is 10.1. The van der Waals surface area contributed by atoms with Gasteiger partial charge in [0.05, 0.1) is 5.69 Å². The number of aryl methyl sites for hydroxylation is 1. The predicted octanol–water partition coefficient (Wildman–Crippen LogP) is 1.57. The van der Waals surface area contributed by atoms with Gasteiger partial charge in [-0.2, -0.15) is 0 Å². The molecule has 0 radical (unpaired) electrons. The van der Waals surface area contributed by atoms with Crippen LogP contribution in [0.1, 0.15) is 21.6 Å². The Morgan fingerprint density at radius 3 is 2.68 bits per heavy atom. The number of carbonyl (C=O) groups is 1. The van der Waals surface area contributed by atoms with E-state index in [4.69, 9.17) is 10.6 Å². The second kappa shape index (κ2) is 5.97. The summed E-state index contributed by atoms with van der Waals surface area (Å²) in [6, 6.07) is 10.8. The molecule has 0 aliphatic rings. The fraction of sp³-hybridized carbons (Fsp3) is 0.143. The van der Waals surface area contributed by atoms with Crippen LogP contribution in [0, 0.1) is 6.92 Å². The molecule has 1 aromatic heterocycles. The Hall–Kier alpha value is -2.40.